The van der Waals surface area contributed by atoms with Crippen LogP contribution in [0.4, 0.5) is 5.82 Å². The minimum atomic E-state index is -0.542. The van der Waals surface area contributed by atoms with Crippen LogP contribution in [0.25, 0.3) is 0 Å². The molecule has 0 aliphatic heterocycles. The molecule has 1 aromatic heterocycles. The molecule has 0 atom stereocenters. The summed E-state index contributed by atoms with van der Waals surface area (Å²) in [4.78, 5) is 21.5. The Morgan fingerprint density at radius 2 is 2.17 bits per heavy atom. The molecule has 0 saturated heterocycles. The zero-order valence-electron chi connectivity index (χ0n) is 11.0. The van der Waals surface area contributed by atoms with Crippen LogP contribution in [-0.2, 0) is 16.1 Å². The first kappa shape index (κ1) is 14.1. The van der Waals surface area contributed by atoms with Gasteiger partial charge in [0.2, 0.25) is 0 Å². The smallest absolute Gasteiger partial charge is 0.392 e. The second-order valence-corrected chi connectivity index (χ2v) is 4.99. The summed E-state index contributed by atoms with van der Waals surface area (Å²) in [6.45, 7) is 7.23. The van der Waals surface area contributed by atoms with Gasteiger partial charge in [0.05, 0.1) is 29.8 Å². The van der Waals surface area contributed by atoms with E-state index in [1.54, 1.807) is 33.9 Å². The number of nitro groups is 1. The fourth-order valence-corrected chi connectivity index (χ4v) is 1.40. The van der Waals surface area contributed by atoms with Crippen LogP contribution in [0.15, 0.2) is 6.20 Å². The van der Waals surface area contributed by atoms with Crippen LogP contribution < -0.4 is 0 Å². The molecule has 0 fully saturated rings. The molecule has 7 nitrogen and oxygen atoms in total. The molecule has 1 heterocycles. The van der Waals surface area contributed by atoms with Crippen LogP contribution in [0.1, 0.15) is 32.8 Å². The van der Waals surface area contributed by atoms with Gasteiger partial charge in [0.1, 0.15) is 5.60 Å². The van der Waals surface area contributed by atoms with E-state index in [-0.39, 0.29) is 24.8 Å². The van der Waals surface area contributed by atoms with Gasteiger partial charge in [0.25, 0.3) is 0 Å². The van der Waals surface area contributed by atoms with Crippen molar-refractivity contribution in [3.8, 4) is 0 Å². The van der Waals surface area contributed by atoms with Crippen LogP contribution in [0.5, 0.6) is 0 Å². The topological polar surface area (TPSA) is 87.3 Å². The van der Waals surface area contributed by atoms with E-state index in [4.69, 9.17) is 4.74 Å². The van der Waals surface area contributed by atoms with E-state index in [2.05, 4.69) is 5.10 Å². The SMILES string of the molecule is Cc1cn(CCC(=O)OC(C)(C)C)nc1[N+](=O)[O-]. The first-order valence-corrected chi connectivity index (χ1v) is 5.59. The zero-order valence-corrected chi connectivity index (χ0v) is 11.0. The molecular weight excluding hydrogens is 238 g/mol. The molecule has 0 unspecified atom stereocenters. The lowest BCUT2D eigenvalue weighted by atomic mass is 10.2. The van der Waals surface area contributed by atoms with Crippen LogP contribution in [0.2, 0.25) is 0 Å². The second-order valence-electron chi connectivity index (χ2n) is 4.99. The molecule has 0 aromatic carbocycles. The van der Waals surface area contributed by atoms with E-state index in [9.17, 15) is 14.9 Å². The molecule has 0 saturated carbocycles. The first-order valence-electron chi connectivity index (χ1n) is 5.59. The molecule has 100 valence electrons. The van der Waals surface area contributed by atoms with Gasteiger partial charge in [-0.05, 0) is 32.6 Å². The van der Waals surface area contributed by atoms with Crippen molar-refractivity contribution in [2.45, 2.75) is 46.3 Å². The quantitative estimate of drug-likeness (QED) is 0.465. The molecule has 0 radical (unpaired) electrons. The summed E-state index contributed by atoms with van der Waals surface area (Å²) in [7, 11) is 0. The Kier molecular flexibility index (Phi) is 4.05. The van der Waals surface area contributed by atoms with Crippen LogP contribution in [0, 0.1) is 17.0 Å². The highest BCUT2D eigenvalue weighted by Gasteiger charge is 2.19. The van der Waals surface area contributed by atoms with E-state index in [1.165, 1.54) is 4.68 Å². The number of esters is 1. The van der Waals surface area contributed by atoms with Crippen molar-refractivity contribution in [3.05, 3.63) is 21.9 Å². The third-order valence-electron chi connectivity index (χ3n) is 2.06. The number of aryl methyl sites for hydroxylation is 2. The van der Waals surface area contributed by atoms with Gasteiger partial charge in [-0.25, -0.2) is 0 Å². The number of carbonyl (C=O) groups excluding carboxylic acids is 1. The molecule has 0 N–H and O–H groups in total. The minimum Gasteiger partial charge on any atom is -0.460 e. The highest BCUT2D eigenvalue weighted by Crippen LogP contribution is 2.14. The number of rotatable bonds is 4. The van der Waals surface area contributed by atoms with Crippen LogP contribution in [-0.4, -0.2) is 26.3 Å². The first-order chi connectivity index (χ1) is 8.19. The van der Waals surface area contributed by atoms with E-state index in [0.29, 0.717) is 5.56 Å². The standard InChI is InChI=1S/C11H17N3O4/c1-8-7-13(12-10(8)14(16)17)6-5-9(15)18-11(2,3)4/h7H,5-6H2,1-4H3. The molecule has 1 rings (SSSR count). The molecule has 0 spiro atoms. The molecule has 7 heteroatoms. The van der Waals surface area contributed by atoms with Gasteiger partial charge < -0.3 is 14.9 Å². The van der Waals surface area contributed by atoms with Crippen molar-refractivity contribution >= 4 is 11.8 Å². The number of hydrogen-bond donors (Lipinski definition) is 0. The third kappa shape index (κ3) is 4.15. The highest BCUT2D eigenvalue weighted by atomic mass is 16.6. The fraction of sp³-hybridized carbons (Fsp3) is 0.636. The zero-order chi connectivity index (χ0) is 13.9. The van der Waals surface area contributed by atoms with E-state index in [0.717, 1.165) is 0 Å². The Balaban J connectivity index is 2.57. The Morgan fingerprint density at radius 3 is 2.61 bits per heavy atom. The Morgan fingerprint density at radius 1 is 1.56 bits per heavy atom. The van der Waals surface area contributed by atoms with Gasteiger partial charge in [-0.2, -0.15) is 4.68 Å². The number of hydrogen-bond acceptors (Lipinski definition) is 5. The van der Waals surface area contributed by atoms with Crippen molar-refractivity contribution in [1.82, 2.24) is 9.78 Å². The van der Waals surface area contributed by atoms with Crippen molar-refractivity contribution in [2.24, 2.45) is 0 Å². The molecule has 0 amide bonds. The summed E-state index contributed by atoms with van der Waals surface area (Å²) in [5.74, 6) is -0.530. The summed E-state index contributed by atoms with van der Waals surface area (Å²) in [6, 6.07) is 0. The van der Waals surface area contributed by atoms with E-state index < -0.39 is 10.5 Å². The predicted octanol–water partition coefficient (Wildman–Crippen LogP) is 1.83. The number of carbonyl (C=O) groups is 1. The van der Waals surface area contributed by atoms with Gasteiger partial charge >= 0.3 is 11.8 Å². The summed E-state index contributed by atoms with van der Waals surface area (Å²) < 4.78 is 6.52. The van der Waals surface area contributed by atoms with Crippen molar-refractivity contribution in [2.75, 3.05) is 0 Å². The third-order valence-corrected chi connectivity index (χ3v) is 2.06. The van der Waals surface area contributed by atoms with Crippen LogP contribution in [0.3, 0.4) is 0 Å². The lowest BCUT2D eigenvalue weighted by Gasteiger charge is -2.19. The normalized spacial score (nSPS) is 11.3. The summed E-state index contributed by atoms with van der Waals surface area (Å²) in [5, 5.41) is 14.4. The van der Waals surface area contributed by atoms with Gasteiger partial charge in [-0.3, -0.25) is 4.79 Å². The fourth-order valence-electron chi connectivity index (χ4n) is 1.40. The van der Waals surface area contributed by atoms with Gasteiger partial charge in [0.15, 0.2) is 0 Å². The monoisotopic (exact) mass is 255 g/mol. The minimum absolute atomic E-state index is 0.134. The summed E-state index contributed by atoms with van der Waals surface area (Å²) in [5.41, 5.74) is -0.0486. The molecule has 18 heavy (non-hydrogen) atoms. The highest BCUT2D eigenvalue weighted by molar-refractivity contribution is 5.69. The van der Waals surface area contributed by atoms with Gasteiger partial charge in [-0.15, -0.1) is 0 Å². The largest absolute Gasteiger partial charge is 0.460 e. The van der Waals surface area contributed by atoms with Crippen LogP contribution >= 0.6 is 0 Å². The predicted molar refractivity (Wildman–Crippen MR) is 64.1 cm³/mol. The Labute approximate surface area is 105 Å². The Bertz CT molecular complexity index is 459. The summed E-state index contributed by atoms with van der Waals surface area (Å²) in [6.07, 6.45) is 1.68. The average molecular weight is 255 g/mol. The number of nitrogens with zero attached hydrogens (tertiary/aromatic N) is 3. The molecule has 0 aliphatic rings. The maximum atomic E-state index is 11.5. The molecular formula is C11H17N3O4. The maximum Gasteiger partial charge on any atom is 0.392 e. The lowest BCUT2D eigenvalue weighted by molar-refractivity contribution is -0.390. The van der Waals surface area contributed by atoms with E-state index in [1.807, 2.05) is 0 Å². The van der Waals surface area contributed by atoms with Crippen molar-refractivity contribution in [3.63, 3.8) is 0 Å². The second kappa shape index (κ2) is 5.16. The summed E-state index contributed by atoms with van der Waals surface area (Å²) >= 11 is 0. The van der Waals surface area contributed by atoms with Crippen molar-refractivity contribution in [1.29, 1.82) is 0 Å². The Hall–Kier alpha value is -1.92. The number of aromatic nitrogens is 2. The van der Waals surface area contributed by atoms with E-state index >= 15 is 0 Å². The van der Waals surface area contributed by atoms with Gasteiger partial charge in [0, 0.05) is 0 Å². The molecule has 0 aliphatic carbocycles. The number of ether oxygens (including phenoxy) is 1. The maximum absolute atomic E-state index is 11.5. The molecule has 1 aromatic rings. The lowest BCUT2D eigenvalue weighted by Crippen LogP contribution is -2.24. The molecule has 0 bridgehead atoms. The van der Waals surface area contributed by atoms with Crippen molar-refractivity contribution < 1.29 is 14.5 Å². The average Bonchev–Trinajstić information content (AvgIpc) is 2.54. The van der Waals surface area contributed by atoms with Gasteiger partial charge in [-0.1, -0.05) is 0 Å².